The van der Waals surface area contributed by atoms with E-state index in [2.05, 4.69) is 6.92 Å². The quantitative estimate of drug-likeness (QED) is 0.375. The molecule has 0 fully saturated rings. The van der Waals surface area contributed by atoms with Crippen molar-refractivity contribution >= 4 is 24.0 Å². The van der Waals surface area contributed by atoms with E-state index in [0.29, 0.717) is 11.1 Å². The maximum atomic E-state index is 13.5. The van der Waals surface area contributed by atoms with Crippen molar-refractivity contribution in [2.75, 3.05) is 7.11 Å². The molecule has 156 valence electrons. The van der Waals surface area contributed by atoms with E-state index in [0.717, 1.165) is 35.3 Å². The molecule has 0 saturated carbocycles. The Bertz CT molecular complexity index is 852. The molecular weight excluding hydrogens is 384 g/mol. The summed E-state index contributed by atoms with van der Waals surface area (Å²) in [4.78, 5) is 26.8. The van der Waals surface area contributed by atoms with E-state index >= 15 is 0 Å². The first kappa shape index (κ1) is 23.0. The van der Waals surface area contributed by atoms with Crippen molar-refractivity contribution in [3.63, 3.8) is 0 Å². The van der Waals surface area contributed by atoms with Gasteiger partial charge in [-0.15, -0.1) is 0 Å². The second kappa shape index (κ2) is 9.46. The SMILES string of the molecule is CCc1ccc(C(=O)N(SOC)N(C(=O)c2cc(C)cc(C)c2)C(C)(C)C)cc1. The first-order valence-corrected chi connectivity index (χ1v) is 10.3. The fourth-order valence-electron chi connectivity index (χ4n) is 3.10. The summed E-state index contributed by atoms with van der Waals surface area (Å²) in [6.45, 7) is 11.6. The second-order valence-electron chi connectivity index (χ2n) is 8.03. The fraction of sp³-hybridized carbons (Fsp3) is 0.391. The summed E-state index contributed by atoms with van der Waals surface area (Å²) >= 11 is 0.845. The van der Waals surface area contributed by atoms with Crippen molar-refractivity contribution in [3.8, 4) is 0 Å². The van der Waals surface area contributed by atoms with Gasteiger partial charge in [-0.25, -0.2) is 5.01 Å². The summed E-state index contributed by atoms with van der Waals surface area (Å²) in [5, 5.41) is 1.46. The van der Waals surface area contributed by atoms with E-state index in [1.807, 2.05) is 65.0 Å². The molecule has 2 amide bonds. The molecule has 0 aliphatic heterocycles. The van der Waals surface area contributed by atoms with Gasteiger partial charge in [0, 0.05) is 11.1 Å². The summed E-state index contributed by atoms with van der Waals surface area (Å²) < 4.78 is 6.54. The maximum Gasteiger partial charge on any atom is 0.284 e. The van der Waals surface area contributed by atoms with Crippen molar-refractivity contribution in [1.82, 2.24) is 9.42 Å². The lowest BCUT2D eigenvalue weighted by molar-refractivity contribution is -0.00257. The minimum atomic E-state index is -0.653. The van der Waals surface area contributed by atoms with Gasteiger partial charge in [0.25, 0.3) is 11.8 Å². The van der Waals surface area contributed by atoms with Crippen LogP contribution in [-0.4, -0.2) is 33.9 Å². The molecule has 6 heteroatoms. The monoisotopic (exact) mass is 414 g/mol. The van der Waals surface area contributed by atoms with Crippen LogP contribution in [-0.2, 0) is 10.6 Å². The lowest BCUT2D eigenvalue weighted by atomic mass is 10.0. The van der Waals surface area contributed by atoms with E-state index in [9.17, 15) is 9.59 Å². The highest BCUT2D eigenvalue weighted by atomic mass is 32.2. The standard InChI is InChI=1S/C23H30N2O3S/c1-8-18-9-11-19(12-10-18)22(27)25(29-28-7)24(23(4,5)6)21(26)20-14-16(2)13-17(3)15-20/h9-15H,8H2,1-7H3. The van der Waals surface area contributed by atoms with Gasteiger partial charge in [0.05, 0.1) is 12.6 Å². The van der Waals surface area contributed by atoms with Crippen LogP contribution in [0.4, 0.5) is 0 Å². The van der Waals surface area contributed by atoms with Crippen LogP contribution in [0, 0.1) is 13.8 Å². The maximum absolute atomic E-state index is 13.5. The number of carbonyl (C=O) groups is 2. The molecule has 0 radical (unpaired) electrons. The molecule has 0 aromatic heterocycles. The van der Waals surface area contributed by atoms with Gasteiger partial charge in [-0.1, -0.05) is 36.2 Å². The highest BCUT2D eigenvalue weighted by Gasteiger charge is 2.37. The molecular formula is C23H30N2O3S. The third kappa shape index (κ3) is 5.61. The summed E-state index contributed by atoms with van der Waals surface area (Å²) in [6, 6.07) is 13.1. The number of benzene rings is 2. The number of aryl methyl sites for hydroxylation is 3. The zero-order valence-electron chi connectivity index (χ0n) is 18.3. The Morgan fingerprint density at radius 3 is 1.93 bits per heavy atom. The predicted octanol–water partition coefficient (Wildman–Crippen LogP) is 5.37. The predicted molar refractivity (Wildman–Crippen MR) is 118 cm³/mol. The number of hydrogen-bond acceptors (Lipinski definition) is 4. The van der Waals surface area contributed by atoms with Crippen molar-refractivity contribution < 1.29 is 13.8 Å². The van der Waals surface area contributed by atoms with Crippen LogP contribution in [0.3, 0.4) is 0 Å². The minimum Gasteiger partial charge on any atom is -0.299 e. The van der Waals surface area contributed by atoms with Gasteiger partial charge in [-0.2, -0.15) is 4.41 Å². The molecule has 0 aliphatic carbocycles. The first-order valence-electron chi connectivity index (χ1n) is 9.65. The Morgan fingerprint density at radius 2 is 1.48 bits per heavy atom. The smallest absolute Gasteiger partial charge is 0.284 e. The number of hydrogen-bond donors (Lipinski definition) is 0. The Balaban J connectivity index is 2.50. The molecule has 0 heterocycles. The Kier molecular flexibility index (Phi) is 7.49. The van der Waals surface area contributed by atoms with Crippen molar-refractivity contribution in [2.24, 2.45) is 0 Å². The minimum absolute atomic E-state index is 0.257. The van der Waals surface area contributed by atoms with Crippen LogP contribution in [0.1, 0.15) is 65.1 Å². The lowest BCUT2D eigenvalue weighted by Gasteiger charge is -2.41. The summed E-state index contributed by atoms with van der Waals surface area (Å²) in [5.74, 6) is -0.570. The second-order valence-corrected chi connectivity index (χ2v) is 8.86. The fourth-order valence-corrected chi connectivity index (χ4v) is 3.80. The molecule has 2 aromatic rings. The molecule has 0 aliphatic rings. The van der Waals surface area contributed by atoms with Gasteiger partial charge in [0.1, 0.15) is 12.2 Å². The Labute approximate surface area is 178 Å². The molecule has 5 nitrogen and oxygen atoms in total. The zero-order chi connectivity index (χ0) is 21.8. The molecule has 0 atom stereocenters. The summed E-state index contributed by atoms with van der Waals surface area (Å²) in [7, 11) is 1.48. The number of amides is 2. The van der Waals surface area contributed by atoms with Crippen LogP contribution in [0.5, 0.6) is 0 Å². The highest BCUT2D eigenvalue weighted by Crippen LogP contribution is 2.28. The van der Waals surface area contributed by atoms with E-state index in [1.54, 1.807) is 12.1 Å². The number of rotatable bonds is 5. The largest absolute Gasteiger partial charge is 0.299 e. The molecule has 0 spiro atoms. The van der Waals surface area contributed by atoms with Gasteiger partial charge in [-0.05, 0) is 70.9 Å². The van der Waals surface area contributed by atoms with Gasteiger partial charge < -0.3 is 0 Å². The van der Waals surface area contributed by atoms with Crippen LogP contribution < -0.4 is 0 Å². The van der Waals surface area contributed by atoms with E-state index in [4.69, 9.17) is 4.18 Å². The third-order valence-electron chi connectivity index (χ3n) is 4.41. The number of carbonyl (C=O) groups excluding carboxylic acids is 2. The van der Waals surface area contributed by atoms with Crippen LogP contribution in [0.25, 0.3) is 0 Å². The third-order valence-corrected chi connectivity index (χ3v) is 5.03. The Hall–Kier alpha value is -2.31. The van der Waals surface area contributed by atoms with Crippen LogP contribution in [0.15, 0.2) is 42.5 Å². The van der Waals surface area contributed by atoms with Gasteiger partial charge in [0.15, 0.2) is 0 Å². The van der Waals surface area contributed by atoms with Crippen LogP contribution in [0.2, 0.25) is 0 Å². The first-order chi connectivity index (χ1) is 13.6. The van der Waals surface area contributed by atoms with Gasteiger partial charge >= 0.3 is 0 Å². The molecule has 0 bridgehead atoms. The molecule has 2 aromatic carbocycles. The summed E-state index contributed by atoms with van der Waals surface area (Å²) in [6.07, 6.45) is 0.893. The topological polar surface area (TPSA) is 49.9 Å². The molecule has 29 heavy (non-hydrogen) atoms. The van der Waals surface area contributed by atoms with E-state index in [1.165, 1.54) is 16.5 Å². The average molecular weight is 415 g/mol. The molecule has 2 rings (SSSR count). The lowest BCUT2D eigenvalue weighted by Crippen LogP contribution is -2.55. The van der Waals surface area contributed by atoms with E-state index < -0.39 is 5.54 Å². The highest BCUT2D eigenvalue weighted by molar-refractivity contribution is 7.92. The van der Waals surface area contributed by atoms with Crippen molar-refractivity contribution in [1.29, 1.82) is 0 Å². The number of hydrazine groups is 1. The van der Waals surface area contributed by atoms with Crippen molar-refractivity contribution in [2.45, 2.75) is 53.5 Å². The van der Waals surface area contributed by atoms with Crippen molar-refractivity contribution in [3.05, 3.63) is 70.3 Å². The summed E-state index contributed by atoms with van der Waals surface area (Å²) in [5.41, 5.74) is 3.51. The van der Waals surface area contributed by atoms with Crippen LogP contribution >= 0.6 is 12.2 Å². The van der Waals surface area contributed by atoms with E-state index in [-0.39, 0.29) is 11.8 Å². The van der Waals surface area contributed by atoms with Gasteiger partial charge in [0.2, 0.25) is 0 Å². The zero-order valence-corrected chi connectivity index (χ0v) is 19.1. The Morgan fingerprint density at radius 1 is 0.931 bits per heavy atom. The molecule has 0 unspecified atom stereocenters. The number of nitrogens with zero attached hydrogens (tertiary/aromatic N) is 2. The van der Waals surface area contributed by atoms with Gasteiger partial charge in [-0.3, -0.25) is 13.8 Å². The normalized spacial score (nSPS) is 11.3. The average Bonchev–Trinajstić information content (AvgIpc) is 2.65. The molecule has 0 N–H and O–H groups in total. The molecule has 0 saturated heterocycles.